The monoisotopic (exact) mass is 606 g/mol. The molecular formula is C31H28Cl2N4O5. The Kier molecular flexibility index (Phi) is 8.80. The first-order valence-electron chi connectivity index (χ1n) is 13.3. The van der Waals surface area contributed by atoms with E-state index in [4.69, 9.17) is 37.7 Å². The van der Waals surface area contributed by atoms with E-state index in [0.29, 0.717) is 63.6 Å². The maximum atomic E-state index is 13.9. The molecule has 1 aromatic heterocycles. The van der Waals surface area contributed by atoms with E-state index in [-0.39, 0.29) is 24.6 Å². The molecule has 0 atom stereocenters. The highest BCUT2D eigenvalue weighted by molar-refractivity contribution is 6.42. The predicted molar refractivity (Wildman–Crippen MR) is 161 cm³/mol. The van der Waals surface area contributed by atoms with E-state index in [1.54, 1.807) is 55.3 Å². The van der Waals surface area contributed by atoms with Crippen LogP contribution in [0.15, 0.2) is 71.5 Å². The minimum atomic E-state index is -0.440. The Bertz CT molecular complexity index is 1690. The van der Waals surface area contributed by atoms with E-state index in [1.807, 2.05) is 24.3 Å². The quantitative estimate of drug-likeness (QED) is 0.263. The van der Waals surface area contributed by atoms with E-state index in [0.717, 1.165) is 11.3 Å². The van der Waals surface area contributed by atoms with E-state index in [9.17, 15) is 14.4 Å². The van der Waals surface area contributed by atoms with E-state index >= 15 is 0 Å². The number of methoxy groups -OCH3 is 1. The van der Waals surface area contributed by atoms with Crippen molar-refractivity contribution in [2.75, 3.05) is 25.6 Å². The van der Waals surface area contributed by atoms with Crippen molar-refractivity contribution >= 4 is 41.0 Å². The number of rotatable bonds is 8. The van der Waals surface area contributed by atoms with Gasteiger partial charge in [0.05, 0.1) is 47.3 Å². The Morgan fingerprint density at radius 1 is 0.976 bits per heavy atom. The molecule has 0 spiro atoms. The van der Waals surface area contributed by atoms with Gasteiger partial charge in [0.2, 0.25) is 5.95 Å². The molecule has 5 rings (SSSR count). The van der Waals surface area contributed by atoms with E-state index in [1.165, 1.54) is 10.6 Å². The maximum Gasteiger partial charge on any atom is 0.338 e. The SMILES string of the molecule is CCOC(=O)c1ccc(-n2c(NCc3ccc(OC)cc3)nc3c(c2=O)CCN(C(=O)c2ccc(Cl)c(Cl)c2)C3)cc1. The maximum absolute atomic E-state index is 13.9. The molecule has 0 bridgehead atoms. The van der Waals surface area contributed by atoms with Crippen LogP contribution >= 0.6 is 23.2 Å². The number of hydrogen-bond acceptors (Lipinski definition) is 7. The highest BCUT2D eigenvalue weighted by atomic mass is 35.5. The van der Waals surface area contributed by atoms with Crippen LogP contribution in [0.2, 0.25) is 10.0 Å². The van der Waals surface area contributed by atoms with Gasteiger partial charge in [0, 0.05) is 24.2 Å². The summed E-state index contributed by atoms with van der Waals surface area (Å²) in [5.74, 6) is 0.371. The highest BCUT2D eigenvalue weighted by Crippen LogP contribution is 2.26. The number of halogens is 2. The lowest BCUT2D eigenvalue weighted by molar-refractivity contribution is 0.0526. The fraction of sp³-hybridized carbons (Fsp3) is 0.226. The lowest BCUT2D eigenvalue weighted by Crippen LogP contribution is -2.40. The average Bonchev–Trinajstić information content (AvgIpc) is 3.01. The molecule has 0 saturated heterocycles. The summed E-state index contributed by atoms with van der Waals surface area (Å²) in [4.78, 5) is 45.8. The largest absolute Gasteiger partial charge is 0.497 e. The molecule has 216 valence electrons. The summed E-state index contributed by atoms with van der Waals surface area (Å²) in [5, 5.41) is 3.94. The average molecular weight is 607 g/mol. The van der Waals surface area contributed by atoms with Crippen LogP contribution in [0.4, 0.5) is 5.95 Å². The Morgan fingerprint density at radius 3 is 2.36 bits per heavy atom. The zero-order valence-corrected chi connectivity index (χ0v) is 24.5. The smallest absolute Gasteiger partial charge is 0.338 e. The van der Waals surface area contributed by atoms with Gasteiger partial charge in [-0.15, -0.1) is 0 Å². The van der Waals surface area contributed by atoms with Gasteiger partial charge in [-0.3, -0.25) is 9.59 Å². The number of nitrogens with zero attached hydrogens (tertiary/aromatic N) is 3. The minimum Gasteiger partial charge on any atom is -0.497 e. The fourth-order valence-electron chi connectivity index (χ4n) is 4.72. The number of esters is 1. The van der Waals surface area contributed by atoms with Gasteiger partial charge in [-0.25, -0.2) is 14.3 Å². The van der Waals surface area contributed by atoms with Crippen molar-refractivity contribution in [3.8, 4) is 11.4 Å². The summed E-state index contributed by atoms with van der Waals surface area (Å²) in [7, 11) is 1.60. The molecular weight excluding hydrogens is 579 g/mol. The first kappa shape index (κ1) is 29.2. The fourth-order valence-corrected chi connectivity index (χ4v) is 5.02. The van der Waals surface area contributed by atoms with Gasteiger partial charge in [0.1, 0.15) is 5.75 Å². The van der Waals surface area contributed by atoms with Crippen LogP contribution in [0.5, 0.6) is 5.75 Å². The number of ether oxygens (including phenoxy) is 2. The molecule has 0 saturated carbocycles. The lowest BCUT2D eigenvalue weighted by Gasteiger charge is -2.29. The third-order valence-electron chi connectivity index (χ3n) is 6.93. The van der Waals surface area contributed by atoms with Crippen LogP contribution in [0.25, 0.3) is 5.69 Å². The normalized spacial score (nSPS) is 12.4. The molecule has 1 aliphatic rings. The first-order valence-corrected chi connectivity index (χ1v) is 14.1. The van der Waals surface area contributed by atoms with Crippen molar-refractivity contribution < 1.29 is 19.1 Å². The van der Waals surface area contributed by atoms with Gasteiger partial charge in [0.25, 0.3) is 11.5 Å². The van der Waals surface area contributed by atoms with Crippen molar-refractivity contribution in [3.05, 3.63) is 115 Å². The van der Waals surface area contributed by atoms with E-state index in [2.05, 4.69) is 5.32 Å². The summed E-state index contributed by atoms with van der Waals surface area (Å²) < 4.78 is 11.8. The molecule has 0 aliphatic carbocycles. The van der Waals surface area contributed by atoms with Gasteiger partial charge in [-0.2, -0.15) is 0 Å². The Labute approximate surface area is 252 Å². The van der Waals surface area contributed by atoms with Gasteiger partial charge in [-0.1, -0.05) is 35.3 Å². The Balaban J connectivity index is 1.50. The van der Waals surface area contributed by atoms with Crippen molar-refractivity contribution in [2.24, 2.45) is 0 Å². The summed E-state index contributed by atoms with van der Waals surface area (Å²) in [6, 6.07) is 18.9. The molecule has 4 aromatic rings. The number of aromatic nitrogens is 2. The van der Waals surface area contributed by atoms with Gasteiger partial charge in [-0.05, 0) is 73.5 Å². The molecule has 1 N–H and O–H groups in total. The lowest BCUT2D eigenvalue weighted by atomic mass is 10.0. The van der Waals surface area contributed by atoms with E-state index < -0.39 is 5.97 Å². The van der Waals surface area contributed by atoms with Crippen molar-refractivity contribution in [1.29, 1.82) is 0 Å². The predicted octanol–water partition coefficient (Wildman–Crippen LogP) is 5.54. The molecule has 2 heterocycles. The summed E-state index contributed by atoms with van der Waals surface area (Å²) >= 11 is 12.2. The van der Waals surface area contributed by atoms with Crippen molar-refractivity contribution in [2.45, 2.75) is 26.4 Å². The summed E-state index contributed by atoms with van der Waals surface area (Å²) in [5.41, 5.74) is 3.06. The number of fused-ring (bicyclic) bond motifs is 1. The van der Waals surface area contributed by atoms with Crippen molar-refractivity contribution in [3.63, 3.8) is 0 Å². The number of carbonyl (C=O) groups excluding carboxylic acids is 2. The van der Waals surface area contributed by atoms with Crippen LogP contribution < -0.4 is 15.6 Å². The van der Waals surface area contributed by atoms with Crippen LogP contribution in [0.1, 0.15) is 44.5 Å². The van der Waals surface area contributed by atoms with Crippen LogP contribution in [-0.4, -0.2) is 46.6 Å². The number of nitrogens with one attached hydrogen (secondary N) is 1. The standard InChI is InChI=1S/C31H28Cl2N4O5/c1-3-42-30(40)20-6-9-22(10-7-20)37-29(39)24-14-15-36(28(38)21-8-13-25(32)26(33)16-21)18-27(24)35-31(37)34-17-19-4-11-23(41-2)12-5-19/h4-13,16H,3,14-15,17-18H2,1-2H3,(H,34,35). The third kappa shape index (κ3) is 6.12. The molecule has 0 unspecified atom stereocenters. The molecule has 0 radical (unpaired) electrons. The Hall–Kier alpha value is -4.34. The number of benzene rings is 3. The molecule has 0 fully saturated rings. The summed E-state index contributed by atoms with van der Waals surface area (Å²) in [6.45, 7) is 2.87. The Morgan fingerprint density at radius 2 is 1.69 bits per heavy atom. The van der Waals surface area contributed by atoms with Gasteiger partial charge in [0.15, 0.2) is 0 Å². The van der Waals surface area contributed by atoms with Crippen LogP contribution in [-0.2, 0) is 24.2 Å². The van der Waals surface area contributed by atoms with Crippen LogP contribution in [0, 0.1) is 0 Å². The molecule has 3 aromatic carbocycles. The van der Waals surface area contributed by atoms with Crippen molar-refractivity contribution in [1.82, 2.24) is 14.5 Å². The first-order chi connectivity index (χ1) is 20.3. The highest BCUT2D eigenvalue weighted by Gasteiger charge is 2.27. The second kappa shape index (κ2) is 12.7. The number of anilines is 1. The number of carbonyl (C=O) groups is 2. The third-order valence-corrected chi connectivity index (χ3v) is 7.67. The number of hydrogen-bond donors (Lipinski definition) is 1. The van der Waals surface area contributed by atoms with Gasteiger partial charge >= 0.3 is 5.97 Å². The van der Waals surface area contributed by atoms with Gasteiger partial charge < -0.3 is 19.7 Å². The number of amides is 1. The molecule has 9 nitrogen and oxygen atoms in total. The second-order valence-electron chi connectivity index (χ2n) is 9.58. The zero-order valence-electron chi connectivity index (χ0n) is 23.0. The molecule has 1 amide bonds. The van der Waals surface area contributed by atoms with Crippen LogP contribution in [0.3, 0.4) is 0 Å². The summed E-state index contributed by atoms with van der Waals surface area (Å²) in [6.07, 6.45) is 0.327. The zero-order chi connectivity index (χ0) is 29.8. The molecule has 11 heteroatoms. The minimum absolute atomic E-state index is 0.156. The second-order valence-corrected chi connectivity index (χ2v) is 10.4. The topological polar surface area (TPSA) is 103 Å². The molecule has 42 heavy (non-hydrogen) atoms. The molecule has 1 aliphatic heterocycles.